The molecular formula is C13H22N2O3S2. The van der Waals surface area contributed by atoms with Gasteiger partial charge in [0.15, 0.2) is 0 Å². The largest absolute Gasteiger partial charge is 0.480 e. The average Bonchev–Trinajstić information content (AvgIpc) is 2.90. The number of thioether (sulfide) groups is 2. The molecule has 2 heterocycles. The van der Waals surface area contributed by atoms with Gasteiger partial charge in [-0.05, 0) is 12.8 Å². The average molecular weight is 318 g/mol. The molecule has 2 aliphatic heterocycles. The second-order valence-corrected chi connectivity index (χ2v) is 7.71. The second kappa shape index (κ2) is 6.93. The zero-order chi connectivity index (χ0) is 14.7. The van der Waals surface area contributed by atoms with Gasteiger partial charge in [-0.15, -0.1) is 11.8 Å². The SMILES string of the molecule is CCC1CN(C(=O)N2C(CC)SCC2C(=O)O)CCS1. The Bertz CT molecular complexity index is 381. The minimum atomic E-state index is -0.889. The molecule has 3 unspecified atom stereocenters. The Morgan fingerprint density at radius 1 is 1.25 bits per heavy atom. The van der Waals surface area contributed by atoms with E-state index in [1.54, 1.807) is 16.7 Å². The molecule has 2 saturated heterocycles. The Hall–Kier alpha value is -0.560. The molecule has 2 rings (SSSR count). The lowest BCUT2D eigenvalue weighted by atomic mass is 10.2. The first-order valence-corrected chi connectivity index (χ1v) is 9.21. The quantitative estimate of drug-likeness (QED) is 0.864. The highest BCUT2D eigenvalue weighted by Gasteiger charge is 2.43. The molecule has 0 aromatic carbocycles. The molecule has 0 aromatic heterocycles. The van der Waals surface area contributed by atoms with Crippen molar-refractivity contribution in [2.75, 3.05) is 24.6 Å². The van der Waals surface area contributed by atoms with Crippen molar-refractivity contribution in [3.8, 4) is 0 Å². The molecule has 2 aliphatic rings. The summed E-state index contributed by atoms with van der Waals surface area (Å²) in [6, 6.07) is -0.764. The van der Waals surface area contributed by atoms with Crippen molar-refractivity contribution >= 4 is 35.5 Å². The van der Waals surface area contributed by atoms with Gasteiger partial charge in [-0.3, -0.25) is 4.90 Å². The Balaban J connectivity index is 2.10. The van der Waals surface area contributed by atoms with Crippen LogP contribution in [-0.4, -0.2) is 68.2 Å². The lowest BCUT2D eigenvalue weighted by Crippen LogP contribution is -2.54. The monoisotopic (exact) mass is 318 g/mol. The highest BCUT2D eigenvalue weighted by molar-refractivity contribution is 8.00. The maximum atomic E-state index is 12.7. The summed E-state index contributed by atoms with van der Waals surface area (Å²) in [5, 5.41) is 9.79. The van der Waals surface area contributed by atoms with Gasteiger partial charge in [-0.2, -0.15) is 11.8 Å². The van der Waals surface area contributed by atoms with E-state index in [2.05, 4.69) is 6.92 Å². The van der Waals surface area contributed by atoms with Crippen LogP contribution in [0.25, 0.3) is 0 Å². The number of carboxylic acids is 1. The maximum Gasteiger partial charge on any atom is 0.327 e. The molecule has 0 spiro atoms. The van der Waals surface area contributed by atoms with Gasteiger partial charge in [0.05, 0.1) is 5.37 Å². The molecule has 1 N–H and O–H groups in total. The summed E-state index contributed by atoms with van der Waals surface area (Å²) >= 11 is 3.48. The molecule has 7 heteroatoms. The van der Waals surface area contributed by atoms with Gasteiger partial charge in [0, 0.05) is 29.8 Å². The van der Waals surface area contributed by atoms with Crippen LogP contribution in [0.5, 0.6) is 0 Å². The van der Waals surface area contributed by atoms with Gasteiger partial charge in [0.1, 0.15) is 6.04 Å². The van der Waals surface area contributed by atoms with Gasteiger partial charge in [0.2, 0.25) is 0 Å². The van der Waals surface area contributed by atoms with Crippen LogP contribution < -0.4 is 0 Å². The fraction of sp³-hybridized carbons (Fsp3) is 0.846. The smallest absolute Gasteiger partial charge is 0.327 e. The fourth-order valence-electron chi connectivity index (χ4n) is 2.63. The van der Waals surface area contributed by atoms with Crippen LogP contribution in [0.3, 0.4) is 0 Å². The first-order chi connectivity index (χ1) is 9.58. The van der Waals surface area contributed by atoms with Crippen molar-refractivity contribution in [2.24, 2.45) is 0 Å². The van der Waals surface area contributed by atoms with Gasteiger partial charge in [-0.1, -0.05) is 13.8 Å². The van der Waals surface area contributed by atoms with E-state index < -0.39 is 12.0 Å². The van der Waals surface area contributed by atoms with Crippen LogP contribution in [0.4, 0.5) is 4.79 Å². The minimum Gasteiger partial charge on any atom is -0.480 e. The molecule has 20 heavy (non-hydrogen) atoms. The summed E-state index contributed by atoms with van der Waals surface area (Å²) in [7, 11) is 0. The van der Waals surface area contributed by atoms with Crippen LogP contribution >= 0.6 is 23.5 Å². The number of carbonyl (C=O) groups is 2. The van der Waals surface area contributed by atoms with E-state index in [-0.39, 0.29) is 11.4 Å². The van der Waals surface area contributed by atoms with E-state index in [0.717, 1.165) is 31.7 Å². The van der Waals surface area contributed by atoms with Crippen molar-refractivity contribution in [2.45, 2.75) is 43.4 Å². The summed E-state index contributed by atoms with van der Waals surface area (Å²) in [5.74, 6) is 0.555. The van der Waals surface area contributed by atoms with Crippen LogP contribution in [0, 0.1) is 0 Å². The lowest BCUT2D eigenvalue weighted by molar-refractivity contribution is -0.141. The van der Waals surface area contributed by atoms with Crippen molar-refractivity contribution in [1.82, 2.24) is 9.80 Å². The van der Waals surface area contributed by atoms with E-state index in [4.69, 9.17) is 0 Å². The number of hydrogen-bond donors (Lipinski definition) is 1. The number of carboxylic acid groups (broad SMARTS) is 1. The molecule has 0 bridgehead atoms. The van der Waals surface area contributed by atoms with Crippen LogP contribution in [0.2, 0.25) is 0 Å². The number of rotatable bonds is 3. The first kappa shape index (κ1) is 15.8. The Morgan fingerprint density at radius 2 is 2.00 bits per heavy atom. The van der Waals surface area contributed by atoms with Crippen LogP contribution in [0.1, 0.15) is 26.7 Å². The van der Waals surface area contributed by atoms with Gasteiger partial charge in [0.25, 0.3) is 0 Å². The number of nitrogens with zero attached hydrogens (tertiary/aromatic N) is 2. The number of amides is 2. The summed E-state index contributed by atoms with van der Waals surface area (Å²) in [6.45, 7) is 5.60. The predicted molar refractivity (Wildman–Crippen MR) is 83.3 cm³/mol. The Morgan fingerprint density at radius 3 is 2.60 bits per heavy atom. The minimum absolute atomic E-state index is 0.00161. The molecule has 0 aromatic rings. The number of carbonyl (C=O) groups excluding carboxylic acids is 1. The summed E-state index contributed by atoms with van der Waals surface area (Å²) in [4.78, 5) is 27.5. The van der Waals surface area contributed by atoms with Crippen molar-refractivity contribution in [1.29, 1.82) is 0 Å². The third-order valence-electron chi connectivity index (χ3n) is 3.81. The Labute approximate surface area is 128 Å². The predicted octanol–water partition coefficient (Wildman–Crippen LogP) is 2.17. The Kier molecular flexibility index (Phi) is 5.49. The van der Waals surface area contributed by atoms with Crippen molar-refractivity contribution in [3.63, 3.8) is 0 Å². The maximum absolute atomic E-state index is 12.7. The molecule has 0 radical (unpaired) electrons. The van der Waals surface area contributed by atoms with E-state index in [0.29, 0.717) is 11.0 Å². The molecule has 5 nitrogen and oxygen atoms in total. The van der Waals surface area contributed by atoms with Crippen LogP contribution in [-0.2, 0) is 4.79 Å². The lowest BCUT2D eigenvalue weighted by Gasteiger charge is -2.37. The molecule has 3 atom stereocenters. The van der Waals surface area contributed by atoms with Gasteiger partial charge < -0.3 is 10.0 Å². The number of aliphatic carboxylic acids is 1. The summed E-state index contributed by atoms with van der Waals surface area (Å²) in [6.07, 6.45) is 1.84. The molecule has 114 valence electrons. The first-order valence-electron chi connectivity index (χ1n) is 7.11. The van der Waals surface area contributed by atoms with Crippen molar-refractivity contribution in [3.05, 3.63) is 0 Å². The summed E-state index contributed by atoms with van der Waals surface area (Å²) < 4.78 is 0. The van der Waals surface area contributed by atoms with Crippen LogP contribution in [0.15, 0.2) is 0 Å². The standard InChI is InChI=1S/C13H22N2O3S2/c1-3-9-7-14(5-6-19-9)13(18)15-10(12(16)17)8-20-11(15)4-2/h9-11H,3-8H2,1-2H3,(H,16,17). The van der Waals surface area contributed by atoms with E-state index in [1.165, 1.54) is 0 Å². The second-order valence-electron chi connectivity index (χ2n) is 5.09. The normalized spacial score (nSPS) is 30.6. The molecule has 2 fully saturated rings. The molecule has 2 amide bonds. The molecule has 0 saturated carbocycles. The topological polar surface area (TPSA) is 60.9 Å². The van der Waals surface area contributed by atoms with E-state index >= 15 is 0 Å². The molecular weight excluding hydrogens is 296 g/mol. The summed E-state index contributed by atoms with van der Waals surface area (Å²) in [5.41, 5.74) is 0. The number of hydrogen-bond acceptors (Lipinski definition) is 4. The van der Waals surface area contributed by atoms with Crippen molar-refractivity contribution < 1.29 is 14.7 Å². The number of urea groups is 1. The zero-order valence-corrected chi connectivity index (χ0v) is 13.6. The highest BCUT2D eigenvalue weighted by atomic mass is 32.2. The zero-order valence-electron chi connectivity index (χ0n) is 11.9. The fourth-order valence-corrected chi connectivity index (χ4v) is 5.15. The molecule has 0 aliphatic carbocycles. The van der Waals surface area contributed by atoms with Gasteiger partial charge >= 0.3 is 12.0 Å². The third-order valence-corrected chi connectivity index (χ3v) is 6.64. The highest BCUT2D eigenvalue weighted by Crippen LogP contribution is 2.33. The van der Waals surface area contributed by atoms with E-state index in [9.17, 15) is 14.7 Å². The third kappa shape index (κ3) is 3.19. The van der Waals surface area contributed by atoms with E-state index in [1.807, 2.05) is 23.6 Å². The van der Waals surface area contributed by atoms with Gasteiger partial charge in [-0.25, -0.2) is 9.59 Å².